The van der Waals surface area contributed by atoms with Gasteiger partial charge in [-0.3, -0.25) is 4.79 Å². The van der Waals surface area contributed by atoms with Crippen LogP contribution in [0.25, 0.3) is 0 Å². The van der Waals surface area contributed by atoms with Crippen molar-refractivity contribution in [1.82, 2.24) is 0 Å². The number of carboxylic acids is 1. The van der Waals surface area contributed by atoms with Crippen molar-refractivity contribution in [3.63, 3.8) is 0 Å². The maximum Gasteiger partial charge on any atom is 0.308 e. The van der Waals surface area contributed by atoms with E-state index in [1.54, 1.807) is 18.2 Å². The van der Waals surface area contributed by atoms with E-state index in [0.717, 1.165) is 5.56 Å². The summed E-state index contributed by atoms with van der Waals surface area (Å²) >= 11 is 0. The van der Waals surface area contributed by atoms with Gasteiger partial charge < -0.3 is 5.11 Å². The van der Waals surface area contributed by atoms with Gasteiger partial charge in [-0.25, -0.2) is 12.8 Å². The lowest BCUT2D eigenvalue weighted by Crippen LogP contribution is -2.13. The third-order valence-corrected chi connectivity index (χ3v) is 6.41. The van der Waals surface area contributed by atoms with E-state index >= 15 is 0 Å². The number of halogens is 1. The van der Waals surface area contributed by atoms with Gasteiger partial charge >= 0.3 is 5.97 Å². The Bertz CT molecular complexity index is 858. The van der Waals surface area contributed by atoms with Gasteiger partial charge in [-0.15, -0.1) is 0 Å². The van der Waals surface area contributed by atoms with Gasteiger partial charge in [0.05, 0.1) is 16.1 Å². The maximum absolute atomic E-state index is 13.4. The molecule has 3 atom stereocenters. The molecule has 1 aliphatic rings. The van der Waals surface area contributed by atoms with Crippen molar-refractivity contribution in [1.29, 1.82) is 0 Å². The van der Waals surface area contributed by atoms with Crippen molar-refractivity contribution in [3.8, 4) is 0 Å². The lowest BCUT2D eigenvalue weighted by Gasteiger charge is -2.05. The molecule has 0 radical (unpaired) electrons. The number of hydrogen-bond acceptors (Lipinski definition) is 3. The van der Waals surface area contributed by atoms with Crippen molar-refractivity contribution in [3.05, 3.63) is 65.5 Å². The number of rotatable bonds is 4. The van der Waals surface area contributed by atoms with Gasteiger partial charge in [-0.2, -0.15) is 0 Å². The fourth-order valence-electron chi connectivity index (χ4n) is 2.96. The molecule has 1 N–H and O–H groups in total. The van der Waals surface area contributed by atoms with E-state index in [4.69, 9.17) is 0 Å². The van der Waals surface area contributed by atoms with Crippen LogP contribution >= 0.6 is 0 Å². The van der Waals surface area contributed by atoms with Gasteiger partial charge in [0.15, 0.2) is 9.84 Å². The molecule has 0 aromatic heterocycles. The predicted molar refractivity (Wildman–Crippen MR) is 82.4 cm³/mol. The monoisotopic (exact) mass is 334 g/mol. The molecule has 0 amide bonds. The lowest BCUT2D eigenvalue weighted by molar-refractivity contribution is -0.138. The summed E-state index contributed by atoms with van der Waals surface area (Å²) in [5.41, 5.74) is 1.31. The Morgan fingerprint density at radius 3 is 2.35 bits per heavy atom. The smallest absolute Gasteiger partial charge is 0.308 e. The highest BCUT2D eigenvalue weighted by Crippen LogP contribution is 2.54. The summed E-state index contributed by atoms with van der Waals surface area (Å²) in [4.78, 5) is 11.5. The second kappa shape index (κ2) is 5.45. The van der Waals surface area contributed by atoms with Crippen molar-refractivity contribution in [2.45, 2.75) is 23.0 Å². The Morgan fingerprint density at radius 1 is 1.13 bits per heavy atom. The molecule has 1 aliphatic carbocycles. The van der Waals surface area contributed by atoms with E-state index in [9.17, 15) is 22.7 Å². The Labute approximate surface area is 133 Å². The quantitative estimate of drug-likeness (QED) is 0.933. The summed E-state index contributed by atoms with van der Waals surface area (Å²) in [5, 5.41) is 8.26. The standard InChI is InChI=1S/C17H15FO4S/c1-10-5-7-13(8-6-10)23(21,22)16-14(15(16)17(19)20)11-3-2-4-12(18)9-11/h2-9,14-16H,1H3,(H,19,20)/t14-,15-,16-/m0/s1. The predicted octanol–water partition coefficient (Wildman–Crippen LogP) is 2.77. The minimum atomic E-state index is -3.79. The third-order valence-electron chi connectivity index (χ3n) is 4.18. The van der Waals surface area contributed by atoms with Crippen LogP contribution in [0, 0.1) is 18.7 Å². The fourth-order valence-corrected chi connectivity index (χ4v) is 5.08. The van der Waals surface area contributed by atoms with Crippen LogP contribution in [-0.4, -0.2) is 24.7 Å². The first-order valence-electron chi connectivity index (χ1n) is 7.11. The molecule has 0 saturated heterocycles. The van der Waals surface area contributed by atoms with E-state index in [2.05, 4.69) is 0 Å². The molecule has 120 valence electrons. The van der Waals surface area contributed by atoms with Gasteiger partial charge in [0.25, 0.3) is 0 Å². The molecular formula is C17H15FO4S. The first-order chi connectivity index (χ1) is 10.8. The molecule has 0 unspecified atom stereocenters. The van der Waals surface area contributed by atoms with Crippen LogP contribution in [0.15, 0.2) is 53.4 Å². The van der Waals surface area contributed by atoms with Crippen molar-refractivity contribution >= 4 is 15.8 Å². The second-order valence-corrected chi connectivity index (χ2v) is 7.87. The molecule has 2 aromatic carbocycles. The molecule has 0 aliphatic heterocycles. The van der Waals surface area contributed by atoms with E-state index in [0.29, 0.717) is 5.56 Å². The Kier molecular flexibility index (Phi) is 3.72. The van der Waals surface area contributed by atoms with Crippen molar-refractivity contribution in [2.24, 2.45) is 5.92 Å². The van der Waals surface area contributed by atoms with Gasteiger partial charge in [0, 0.05) is 5.92 Å². The summed E-state index contributed by atoms with van der Waals surface area (Å²) in [6.07, 6.45) is 0. The average Bonchev–Trinajstić information content (AvgIpc) is 3.24. The average molecular weight is 334 g/mol. The van der Waals surface area contributed by atoms with Crippen molar-refractivity contribution in [2.75, 3.05) is 0 Å². The fraction of sp³-hybridized carbons (Fsp3) is 0.235. The van der Waals surface area contributed by atoms with E-state index < -0.39 is 38.7 Å². The van der Waals surface area contributed by atoms with Crippen LogP contribution in [0.4, 0.5) is 4.39 Å². The molecule has 2 aromatic rings. The highest BCUT2D eigenvalue weighted by atomic mass is 32.2. The highest BCUT2D eigenvalue weighted by molar-refractivity contribution is 7.92. The minimum absolute atomic E-state index is 0.0956. The van der Waals surface area contributed by atoms with E-state index in [1.807, 2.05) is 6.92 Å². The number of carbonyl (C=O) groups is 1. The maximum atomic E-state index is 13.4. The van der Waals surface area contributed by atoms with Crippen LogP contribution < -0.4 is 0 Å². The largest absolute Gasteiger partial charge is 0.481 e. The summed E-state index contributed by atoms with van der Waals surface area (Å²) in [5.74, 6) is -3.47. The zero-order valence-corrected chi connectivity index (χ0v) is 13.1. The summed E-state index contributed by atoms with van der Waals surface area (Å²) in [6, 6.07) is 11.8. The number of carboxylic acid groups (broad SMARTS) is 1. The van der Waals surface area contributed by atoms with E-state index in [1.165, 1.54) is 30.3 Å². The first-order valence-corrected chi connectivity index (χ1v) is 8.66. The van der Waals surface area contributed by atoms with Crippen LogP contribution in [0.5, 0.6) is 0 Å². The lowest BCUT2D eigenvalue weighted by atomic mass is 10.1. The third kappa shape index (κ3) is 2.74. The molecule has 1 saturated carbocycles. The van der Waals surface area contributed by atoms with Gasteiger partial charge in [-0.1, -0.05) is 29.8 Å². The van der Waals surface area contributed by atoms with Gasteiger partial charge in [-0.05, 0) is 36.8 Å². The number of benzene rings is 2. The van der Waals surface area contributed by atoms with Crippen molar-refractivity contribution < 1.29 is 22.7 Å². The Hall–Kier alpha value is -2.21. The molecule has 23 heavy (non-hydrogen) atoms. The highest BCUT2D eigenvalue weighted by Gasteiger charge is 2.63. The van der Waals surface area contributed by atoms with Gasteiger partial charge in [0.2, 0.25) is 0 Å². The second-order valence-electron chi connectivity index (χ2n) is 5.77. The number of hydrogen-bond donors (Lipinski definition) is 1. The zero-order chi connectivity index (χ0) is 16.8. The summed E-state index contributed by atoms with van der Waals surface area (Å²) in [6.45, 7) is 1.84. The van der Waals surface area contributed by atoms with Crippen LogP contribution in [0.2, 0.25) is 0 Å². The molecule has 0 spiro atoms. The molecule has 3 rings (SSSR count). The van der Waals surface area contributed by atoms with Crippen LogP contribution in [-0.2, 0) is 14.6 Å². The number of aliphatic carboxylic acids is 1. The normalized spacial score (nSPS) is 23.5. The molecule has 4 nitrogen and oxygen atoms in total. The molecule has 0 bridgehead atoms. The number of sulfone groups is 1. The Morgan fingerprint density at radius 2 is 1.78 bits per heavy atom. The zero-order valence-electron chi connectivity index (χ0n) is 12.3. The minimum Gasteiger partial charge on any atom is -0.481 e. The summed E-state index contributed by atoms with van der Waals surface area (Å²) < 4.78 is 38.8. The molecule has 6 heteroatoms. The molecule has 1 fully saturated rings. The van der Waals surface area contributed by atoms with Crippen LogP contribution in [0.3, 0.4) is 0 Å². The van der Waals surface area contributed by atoms with E-state index in [-0.39, 0.29) is 4.90 Å². The molecule has 0 heterocycles. The number of aryl methyl sites for hydroxylation is 1. The SMILES string of the molecule is Cc1ccc(S(=O)(=O)[C@@H]2[C@@H](C(=O)O)[C@@H]2c2cccc(F)c2)cc1. The Balaban J connectivity index is 2.00. The van der Waals surface area contributed by atoms with Crippen LogP contribution in [0.1, 0.15) is 17.0 Å². The molecular weight excluding hydrogens is 319 g/mol. The topological polar surface area (TPSA) is 71.4 Å². The van der Waals surface area contributed by atoms with Gasteiger partial charge in [0.1, 0.15) is 5.82 Å². The first kappa shape index (κ1) is 15.7. The summed E-state index contributed by atoms with van der Waals surface area (Å²) in [7, 11) is -3.79.